The quantitative estimate of drug-likeness (QED) is 0.720. The molecule has 1 fully saturated rings. The molecular weight excluding hydrogens is 407 g/mol. The molecule has 2 aromatic rings. The van der Waals surface area contributed by atoms with Gasteiger partial charge in [0.15, 0.2) is 11.5 Å². The number of likely N-dealkylation sites (tertiary alicyclic amines) is 1. The number of hydrogen-bond donors (Lipinski definition) is 1. The van der Waals surface area contributed by atoms with Gasteiger partial charge in [-0.15, -0.1) is 0 Å². The third-order valence-electron chi connectivity index (χ3n) is 4.66. The van der Waals surface area contributed by atoms with Gasteiger partial charge in [-0.25, -0.2) is 0 Å². The van der Waals surface area contributed by atoms with Gasteiger partial charge in [-0.1, -0.05) is 18.2 Å². The predicted octanol–water partition coefficient (Wildman–Crippen LogP) is 2.99. The zero-order chi connectivity index (χ0) is 21.0. The lowest BCUT2D eigenvalue weighted by atomic mass is 10.2. The van der Waals surface area contributed by atoms with Crippen LogP contribution in [-0.2, 0) is 28.8 Å². The Morgan fingerprint density at radius 3 is 2.62 bits per heavy atom. The zero-order valence-electron chi connectivity index (χ0n) is 15.4. The van der Waals surface area contributed by atoms with Crippen molar-refractivity contribution in [2.45, 2.75) is 29.3 Å². The van der Waals surface area contributed by atoms with E-state index in [1.54, 1.807) is 24.3 Å². The molecule has 1 heterocycles. The van der Waals surface area contributed by atoms with Gasteiger partial charge in [-0.05, 0) is 41.0 Å². The van der Waals surface area contributed by atoms with Gasteiger partial charge in [0, 0.05) is 19.0 Å². The molecule has 156 valence electrons. The molecule has 1 amide bonds. The van der Waals surface area contributed by atoms with Gasteiger partial charge in [0.1, 0.15) is 11.0 Å². The Bertz CT molecular complexity index is 844. The maximum absolute atomic E-state index is 12.9. The third-order valence-corrected chi connectivity index (χ3v) is 6.37. The molecule has 9 heteroatoms. The molecule has 0 saturated carbocycles. The first kappa shape index (κ1) is 21.5. The fourth-order valence-electron chi connectivity index (χ4n) is 3.05. The van der Waals surface area contributed by atoms with E-state index < -0.39 is 28.2 Å². The van der Waals surface area contributed by atoms with Crippen LogP contribution in [0.2, 0.25) is 0 Å². The summed E-state index contributed by atoms with van der Waals surface area (Å²) in [5.74, 6) is 0.207. The molecule has 0 radical (unpaired) electrons. The number of carbonyl (C=O) groups is 1. The number of alkyl halides is 3. The Labute approximate surface area is 169 Å². The van der Waals surface area contributed by atoms with E-state index in [4.69, 9.17) is 9.84 Å². The lowest BCUT2D eigenvalue weighted by molar-refractivity contribution is -0.137. The van der Waals surface area contributed by atoms with E-state index in [0.29, 0.717) is 18.7 Å². The van der Waals surface area contributed by atoms with E-state index in [2.05, 4.69) is 0 Å². The van der Waals surface area contributed by atoms with E-state index in [9.17, 15) is 22.5 Å². The second kappa shape index (κ2) is 9.06. The van der Waals surface area contributed by atoms with Gasteiger partial charge in [0.2, 0.25) is 0 Å². The summed E-state index contributed by atoms with van der Waals surface area (Å²) in [6.45, 7) is 0.300. The maximum Gasteiger partial charge on any atom is 0.416 e. The average molecular weight is 427 g/mol. The SMILES string of the molecule is O=C(COc1ccc(CO)cc1)N1CCC([S+]([O-])c2cccc(C(F)(F)F)c2)C1. The van der Waals surface area contributed by atoms with Crippen molar-refractivity contribution < 1.29 is 32.4 Å². The van der Waals surface area contributed by atoms with Crippen molar-refractivity contribution in [3.63, 3.8) is 0 Å². The predicted molar refractivity (Wildman–Crippen MR) is 101 cm³/mol. The number of halogens is 3. The second-order valence-corrected chi connectivity index (χ2v) is 8.40. The van der Waals surface area contributed by atoms with Crippen LogP contribution in [0.25, 0.3) is 0 Å². The van der Waals surface area contributed by atoms with Gasteiger partial charge < -0.3 is 19.3 Å². The fraction of sp³-hybridized carbons (Fsp3) is 0.350. The molecule has 1 aliphatic heterocycles. The Hall–Kier alpha value is -2.23. The molecule has 1 aliphatic rings. The Morgan fingerprint density at radius 1 is 1.24 bits per heavy atom. The van der Waals surface area contributed by atoms with Crippen molar-refractivity contribution in [1.29, 1.82) is 0 Å². The van der Waals surface area contributed by atoms with Gasteiger partial charge in [-0.3, -0.25) is 4.79 Å². The number of rotatable bonds is 6. The molecule has 0 bridgehead atoms. The summed E-state index contributed by atoms with van der Waals surface area (Å²) in [6.07, 6.45) is -4.05. The van der Waals surface area contributed by atoms with Crippen molar-refractivity contribution in [2.75, 3.05) is 19.7 Å². The summed E-state index contributed by atoms with van der Waals surface area (Å²) in [5, 5.41) is 8.59. The lowest BCUT2D eigenvalue weighted by Gasteiger charge is -2.19. The number of amides is 1. The first-order valence-electron chi connectivity index (χ1n) is 8.96. The van der Waals surface area contributed by atoms with Gasteiger partial charge in [0.25, 0.3) is 5.91 Å². The number of ether oxygens (including phenoxy) is 1. The van der Waals surface area contributed by atoms with Crippen molar-refractivity contribution in [2.24, 2.45) is 0 Å². The molecule has 5 nitrogen and oxygen atoms in total. The van der Waals surface area contributed by atoms with E-state index in [-0.39, 0.29) is 30.6 Å². The second-order valence-electron chi connectivity index (χ2n) is 6.66. The molecule has 2 aromatic carbocycles. The minimum atomic E-state index is -4.50. The number of carbonyl (C=O) groups excluding carboxylic acids is 1. The number of hydrogen-bond acceptors (Lipinski definition) is 4. The Balaban J connectivity index is 1.55. The van der Waals surface area contributed by atoms with Gasteiger partial charge in [-0.2, -0.15) is 13.2 Å². The Morgan fingerprint density at radius 2 is 1.97 bits per heavy atom. The van der Waals surface area contributed by atoms with Crippen LogP contribution in [0.1, 0.15) is 17.5 Å². The highest BCUT2D eigenvalue weighted by Gasteiger charge is 2.37. The van der Waals surface area contributed by atoms with Crippen LogP contribution in [0.15, 0.2) is 53.4 Å². The first-order chi connectivity index (χ1) is 13.8. The van der Waals surface area contributed by atoms with Crippen molar-refractivity contribution in [3.05, 3.63) is 59.7 Å². The normalized spacial score (nSPS) is 18.0. The summed E-state index contributed by atoms with van der Waals surface area (Å²) < 4.78 is 56.7. The first-order valence-corrected chi connectivity index (χ1v) is 10.2. The third kappa shape index (κ3) is 5.43. The summed E-state index contributed by atoms with van der Waals surface area (Å²) in [4.78, 5) is 14.0. The van der Waals surface area contributed by atoms with Crippen LogP contribution in [-0.4, -0.2) is 45.4 Å². The molecule has 1 N–H and O–H groups in total. The molecule has 0 aliphatic carbocycles. The Kier molecular flexibility index (Phi) is 6.71. The molecule has 1 saturated heterocycles. The number of benzene rings is 2. The molecule has 0 spiro atoms. The molecule has 2 atom stereocenters. The number of aliphatic hydroxyl groups is 1. The van der Waals surface area contributed by atoms with Gasteiger partial charge >= 0.3 is 6.18 Å². The minimum absolute atomic E-state index is 0.0859. The highest BCUT2D eigenvalue weighted by molar-refractivity contribution is 7.92. The van der Waals surface area contributed by atoms with Crippen LogP contribution in [0, 0.1) is 0 Å². The number of aliphatic hydroxyl groups excluding tert-OH is 1. The summed E-state index contributed by atoms with van der Waals surface area (Å²) in [7, 11) is 0. The van der Waals surface area contributed by atoms with Crippen molar-refractivity contribution in [3.8, 4) is 5.75 Å². The molecule has 2 unspecified atom stereocenters. The van der Waals surface area contributed by atoms with Crippen LogP contribution in [0.4, 0.5) is 13.2 Å². The standard InChI is InChI=1S/C20H20F3NO4S/c21-20(22,23)15-2-1-3-17(10-15)29(27)18-8-9-24(11-18)19(26)13-28-16-6-4-14(12-25)5-7-16/h1-7,10,18,25H,8-9,11-13H2. The van der Waals surface area contributed by atoms with Crippen molar-refractivity contribution in [1.82, 2.24) is 4.90 Å². The lowest BCUT2D eigenvalue weighted by Crippen LogP contribution is -2.35. The van der Waals surface area contributed by atoms with Crippen LogP contribution < -0.4 is 4.74 Å². The van der Waals surface area contributed by atoms with E-state index in [0.717, 1.165) is 17.7 Å². The average Bonchev–Trinajstić information content (AvgIpc) is 3.21. The maximum atomic E-state index is 12.9. The van der Waals surface area contributed by atoms with Crippen LogP contribution in [0.5, 0.6) is 5.75 Å². The molecule has 29 heavy (non-hydrogen) atoms. The van der Waals surface area contributed by atoms with E-state index >= 15 is 0 Å². The molecular formula is C20H20F3NO4S. The topological polar surface area (TPSA) is 72.8 Å². The van der Waals surface area contributed by atoms with Crippen molar-refractivity contribution >= 4 is 17.1 Å². The fourth-order valence-corrected chi connectivity index (χ4v) is 4.52. The zero-order valence-corrected chi connectivity index (χ0v) is 16.2. The highest BCUT2D eigenvalue weighted by atomic mass is 32.2. The van der Waals surface area contributed by atoms with Gasteiger partial charge in [0.05, 0.1) is 18.7 Å². The molecule has 3 rings (SSSR count). The molecule has 0 aromatic heterocycles. The van der Waals surface area contributed by atoms with Crippen LogP contribution in [0.3, 0.4) is 0 Å². The monoisotopic (exact) mass is 427 g/mol. The van der Waals surface area contributed by atoms with Crippen LogP contribution >= 0.6 is 0 Å². The summed E-state index contributed by atoms with van der Waals surface area (Å²) in [5.41, 5.74) is -0.113. The smallest absolute Gasteiger partial charge is 0.416 e. The summed E-state index contributed by atoms with van der Waals surface area (Å²) in [6, 6.07) is 11.2. The van der Waals surface area contributed by atoms with E-state index in [1.165, 1.54) is 17.0 Å². The summed E-state index contributed by atoms with van der Waals surface area (Å²) >= 11 is -1.64. The van der Waals surface area contributed by atoms with E-state index in [1.807, 2.05) is 0 Å². The minimum Gasteiger partial charge on any atom is -0.611 e. The largest absolute Gasteiger partial charge is 0.611 e. The highest BCUT2D eigenvalue weighted by Crippen LogP contribution is 2.32. The number of nitrogens with zero attached hydrogens (tertiary/aromatic N) is 1.